The summed E-state index contributed by atoms with van der Waals surface area (Å²) in [7, 11) is 0. The molecule has 0 unspecified atom stereocenters. The zero-order valence-corrected chi connectivity index (χ0v) is 9.09. The van der Waals surface area contributed by atoms with Crippen LogP contribution in [0.5, 0.6) is 0 Å². The third-order valence-electron chi connectivity index (χ3n) is 1.94. The second kappa shape index (κ2) is 6.48. The average molecular weight is 219 g/mol. The van der Waals surface area contributed by atoms with E-state index in [1.165, 1.54) is 0 Å². The summed E-state index contributed by atoms with van der Waals surface area (Å²) in [6.07, 6.45) is 0.806. The van der Waals surface area contributed by atoms with Crippen LogP contribution in [0.25, 0.3) is 10.4 Å². The second-order valence-electron chi connectivity index (χ2n) is 3.22. The Kier molecular flexibility index (Phi) is 4.89. The van der Waals surface area contributed by atoms with Gasteiger partial charge in [0.05, 0.1) is 18.7 Å². The molecule has 0 aliphatic rings. The van der Waals surface area contributed by atoms with Crippen molar-refractivity contribution < 1.29 is 9.53 Å². The largest absolute Gasteiger partial charge is 0.462 e. The minimum Gasteiger partial charge on any atom is -0.462 e. The van der Waals surface area contributed by atoms with Crippen LogP contribution in [0.4, 0.5) is 0 Å². The summed E-state index contributed by atoms with van der Waals surface area (Å²) in [6, 6.07) is 6.83. The van der Waals surface area contributed by atoms with Crippen LogP contribution < -0.4 is 0 Å². The Hall–Kier alpha value is -2.00. The molecule has 84 valence electrons. The van der Waals surface area contributed by atoms with Gasteiger partial charge in [-0.05, 0) is 29.6 Å². The number of ether oxygens (including phenoxy) is 1. The molecule has 0 bridgehead atoms. The van der Waals surface area contributed by atoms with Crippen LogP contribution in [0.2, 0.25) is 0 Å². The zero-order valence-electron chi connectivity index (χ0n) is 9.09. The fourth-order valence-corrected chi connectivity index (χ4v) is 1.14. The predicted octanol–water partition coefficient (Wildman–Crippen LogP) is 3.06. The monoisotopic (exact) mass is 219 g/mol. The van der Waals surface area contributed by atoms with E-state index in [1.807, 2.05) is 6.92 Å². The van der Waals surface area contributed by atoms with E-state index < -0.39 is 0 Å². The number of hydrogen-bond donors (Lipinski definition) is 0. The molecule has 0 aromatic heterocycles. The molecule has 0 N–H and O–H groups in total. The number of carbonyl (C=O) groups excluding carboxylic acids is 1. The van der Waals surface area contributed by atoms with E-state index in [0.717, 1.165) is 12.0 Å². The van der Waals surface area contributed by atoms with Gasteiger partial charge in [0.25, 0.3) is 0 Å². The highest BCUT2D eigenvalue weighted by atomic mass is 16.5. The molecule has 0 amide bonds. The van der Waals surface area contributed by atoms with E-state index in [-0.39, 0.29) is 5.97 Å². The topological polar surface area (TPSA) is 75.1 Å². The Morgan fingerprint density at radius 2 is 2.12 bits per heavy atom. The number of hydrogen-bond acceptors (Lipinski definition) is 3. The van der Waals surface area contributed by atoms with Crippen LogP contribution in [-0.4, -0.2) is 12.6 Å². The normalized spacial score (nSPS) is 9.31. The summed E-state index contributed by atoms with van der Waals surface area (Å²) < 4.78 is 4.98. The van der Waals surface area contributed by atoms with Gasteiger partial charge in [0, 0.05) is 4.91 Å². The van der Waals surface area contributed by atoms with Crippen LogP contribution in [0, 0.1) is 0 Å². The highest BCUT2D eigenvalue weighted by Crippen LogP contribution is 2.07. The summed E-state index contributed by atoms with van der Waals surface area (Å²) in [6.45, 7) is 2.66. The lowest BCUT2D eigenvalue weighted by molar-refractivity contribution is 0.0505. The maximum atomic E-state index is 11.4. The Balaban J connectivity index is 2.63. The molecule has 0 atom stereocenters. The van der Waals surface area contributed by atoms with Crippen molar-refractivity contribution in [3.05, 3.63) is 45.8 Å². The second-order valence-corrected chi connectivity index (χ2v) is 3.22. The highest BCUT2D eigenvalue weighted by molar-refractivity contribution is 5.89. The number of rotatable bonds is 5. The van der Waals surface area contributed by atoms with Gasteiger partial charge in [0.15, 0.2) is 0 Å². The van der Waals surface area contributed by atoms with Crippen molar-refractivity contribution in [3.8, 4) is 0 Å². The molecule has 16 heavy (non-hydrogen) atoms. The molecule has 1 aromatic carbocycles. The van der Waals surface area contributed by atoms with Crippen LogP contribution in [0.3, 0.4) is 0 Å². The van der Waals surface area contributed by atoms with E-state index >= 15 is 0 Å². The van der Waals surface area contributed by atoms with E-state index in [0.29, 0.717) is 18.7 Å². The molecule has 5 nitrogen and oxygen atoms in total. The zero-order chi connectivity index (χ0) is 11.8. The fraction of sp³-hybridized carbons (Fsp3) is 0.364. The van der Waals surface area contributed by atoms with Gasteiger partial charge in [-0.2, -0.15) is 0 Å². The minimum absolute atomic E-state index is 0.292. The molecular formula is C11H13N3O2. The first kappa shape index (κ1) is 12.1. The summed E-state index contributed by atoms with van der Waals surface area (Å²) >= 11 is 0. The molecule has 5 heteroatoms. The van der Waals surface area contributed by atoms with E-state index in [2.05, 4.69) is 10.0 Å². The number of benzene rings is 1. The number of carbonyl (C=O) groups is 1. The third kappa shape index (κ3) is 3.63. The van der Waals surface area contributed by atoms with E-state index in [9.17, 15) is 4.79 Å². The van der Waals surface area contributed by atoms with Gasteiger partial charge in [-0.3, -0.25) is 0 Å². The van der Waals surface area contributed by atoms with Crippen molar-refractivity contribution >= 4 is 5.97 Å². The van der Waals surface area contributed by atoms with E-state index in [4.69, 9.17) is 10.3 Å². The number of azide groups is 1. The molecule has 0 spiro atoms. The number of nitrogens with zero attached hydrogens (tertiary/aromatic N) is 3. The maximum Gasteiger partial charge on any atom is 0.338 e. The molecular weight excluding hydrogens is 206 g/mol. The van der Waals surface area contributed by atoms with Gasteiger partial charge < -0.3 is 4.74 Å². The smallest absolute Gasteiger partial charge is 0.338 e. The SMILES string of the molecule is CCCOC(=O)c1ccc(CN=[N+]=[N-])cc1. The van der Waals surface area contributed by atoms with Crippen molar-refractivity contribution in [2.45, 2.75) is 19.9 Å². The average Bonchev–Trinajstić information content (AvgIpc) is 2.34. The first-order chi connectivity index (χ1) is 7.77. The standard InChI is InChI=1S/C11H13N3O2/c1-2-7-16-11(15)10-5-3-9(4-6-10)8-13-14-12/h3-6H,2,7-8H2,1H3. The molecule has 0 aliphatic heterocycles. The van der Waals surface area contributed by atoms with Crippen molar-refractivity contribution in [1.29, 1.82) is 0 Å². The lowest BCUT2D eigenvalue weighted by atomic mass is 10.1. The van der Waals surface area contributed by atoms with Gasteiger partial charge in [-0.25, -0.2) is 4.79 Å². The van der Waals surface area contributed by atoms with E-state index in [1.54, 1.807) is 24.3 Å². The van der Waals surface area contributed by atoms with Crippen LogP contribution in [0.15, 0.2) is 29.4 Å². The molecule has 1 rings (SSSR count). The molecule has 0 saturated carbocycles. The fourth-order valence-electron chi connectivity index (χ4n) is 1.14. The van der Waals surface area contributed by atoms with Gasteiger partial charge in [-0.1, -0.05) is 24.2 Å². The summed E-state index contributed by atoms with van der Waals surface area (Å²) in [5, 5.41) is 3.43. The maximum absolute atomic E-state index is 11.4. The highest BCUT2D eigenvalue weighted by Gasteiger charge is 2.05. The minimum atomic E-state index is -0.322. The molecule has 0 heterocycles. The Morgan fingerprint density at radius 3 is 2.69 bits per heavy atom. The van der Waals surface area contributed by atoms with Gasteiger partial charge in [0.2, 0.25) is 0 Å². The molecule has 0 fully saturated rings. The van der Waals surface area contributed by atoms with Crippen molar-refractivity contribution in [3.63, 3.8) is 0 Å². The van der Waals surface area contributed by atoms with Gasteiger partial charge >= 0.3 is 5.97 Å². The first-order valence-corrected chi connectivity index (χ1v) is 5.05. The van der Waals surface area contributed by atoms with Crippen molar-refractivity contribution in [2.24, 2.45) is 5.11 Å². The Bertz CT molecular complexity index is 394. The lowest BCUT2D eigenvalue weighted by Crippen LogP contribution is -2.05. The quantitative estimate of drug-likeness (QED) is 0.330. The molecule has 0 saturated heterocycles. The predicted molar refractivity (Wildman–Crippen MR) is 59.9 cm³/mol. The van der Waals surface area contributed by atoms with Crippen LogP contribution >= 0.6 is 0 Å². The van der Waals surface area contributed by atoms with Crippen molar-refractivity contribution in [1.82, 2.24) is 0 Å². The summed E-state index contributed by atoms with van der Waals surface area (Å²) in [4.78, 5) is 14.1. The summed E-state index contributed by atoms with van der Waals surface area (Å²) in [5.41, 5.74) is 9.53. The summed E-state index contributed by atoms with van der Waals surface area (Å²) in [5.74, 6) is -0.322. The first-order valence-electron chi connectivity index (χ1n) is 5.05. The Labute approximate surface area is 93.7 Å². The van der Waals surface area contributed by atoms with Gasteiger partial charge in [-0.15, -0.1) is 0 Å². The third-order valence-corrected chi connectivity index (χ3v) is 1.94. The Morgan fingerprint density at radius 1 is 1.44 bits per heavy atom. The lowest BCUT2D eigenvalue weighted by Gasteiger charge is -2.03. The van der Waals surface area contributed by atoms with Gasteiger partial charge in [0.1, 0.15) is 0 Å². The van der Waals surface area contributed by atoms with Crippen molar-refractivity contribution in [2.75, 3.05) is 6.61 Å². The number of esters is 1. The van der Waals surface area contributed by atoms with Crippen LogP contribution in [-0.2, 0) is 11.3 Å². The molecule has 0 aliphatic carbocycles. The molecule has 1 aromatic rings. The molecule has 0 radical (unpaired) electrons. The van der Waals surface area contributed by atoms with Crippen LogP contribution in [0.1, 0.15) is 29.3 Å².